The van der Waals surface area contributed by atoms with Crippen molar-refractivity contribution in [1.29, 1.82) is 0 Å². The number of aromatic amines is 1. The molecule has 2 aromatic carbocycles. The van der Waals surface area contributed by atoms with Gasteiger partial charge in [0, 0.05) is 25.7 Å². The Morgan fingerprint density at radius 1 is 1.14 bits per heavy atom. The molecule has 0 aliphatic carbocycles. The van der Waals surface area contributed by atoms with Crippen LogP contribution in [-0.2, 0) is 14.8 Å². The van der Waals surface area contributed by atoms with Gasteiger partial charge in [-0.3, -0.25) is 14.6 Å². The Labute approximate surface area is 169 Å². The first-order valence-corrected chi connectivity index (χ1v) is 10.3. The zero-order chi connectivity index (χ0) is 21.0. The van der Waals surface area contributed by atoms with Crippen LogP contribution in [0.1, 0.15) is 5.56 Å². The second-order valence-corrected chi connectivity index (χ2v) is 8.32. The van der Waals surface area contributed by atoms with Gasteiger partial charge < -0.3 is 9.64 Å². The first-order chi connectivity index (χ1) is 13.8. The number of aromatic nitrogens is 2. The van der Waals surface area contributed by atoms with Crippen LogP contribution in [0.5, 0.6) is 5.75 Å². The molecule has 0 atom stereocenters. The van der Waals surface area contributed by atoms with E-state index in [0.29, 0.717) is 5.75 Å². The summed E-state index contributed by atoms with van der Waals surface area (Å²) >= 11 is 0. The van der Waals surface area contributed by atoms with E-state index in [0.717, 1.165) is 16.8 Å². The maximum atomic E-state index is 12.6. The molecule has 0 aliphatic rings. The molecule has 3 rings (SSSR count). The van der Waals surface area contributed by atoms with Gasteiger partial charge in [-0.2, -0.15) is 5.10 Å². The summed E-state index contributed by atoms with van der Waals surface area (Å²) in [6.07, 6.45) is 0. The number of H-pyrrole nitrogens is 1. The quantitative estimate of drug-likeness (QED) is 0.618. The zero-order valence-electron chi connectivity index (χ0n) is 16.3. The fourth-order valence-electron chi connectivity index (χ4n) is 2.57. The van der Waals surface area contributed by atoms with Gasteiger partial charge in [0.15, 0.2) is 12.4 Å². The van der Waals surface area contributed by atoms with Crippen LogP contribution in [0.4, 0.5) is 5.82 Å². The number of anilines is 1. The maximum absolute atomic E-state index is 12.6. The van der Waals surface area contributed by atoms with Crippen molar-refractivity contribution in [2.45, 2.75) is 11.8 Å². The molecule has 9 heteroatoms. The molecular formula is C20H22N4O4S. The predicted molar refractivity (Wildman–Crippen MR) is 110 cm³/mol. The number of sulfonamides is 1. The number of aryl methyl sites for hydroxylation is 1. The topological polar surface area (TPSA) is 104 Å². The van der Waals surface area contributed by atoms with Gasteiger partial charge in [0.1, 0.15) is 5.75 Å². The molecule has 0 saturated heterocycles. The summed E-state index contributed by atoms with van der Waals surface area (Å²) in [6, 6.07) is 15.2. The van der Waals surface area contributed by atoms with E-state index in [1.165, 1.54) is 29.2 Å². The van der Waals surface area contributed by atoms with E-state index >= 15 is 0 Å². The lowest BCUT2D eigenvalue weighted by Gasteiger charge is -2.11. The van der Waals surface area contributed by atoms with Gasteiger partial charge in [0.05, 0.1) is 10.6 Å². The fraction of sp³-hybridized carbons (Fsp3) is 0.200. The molecule has 0 unspecified atom stereocenters. The van der Waals surface area contributed by atoms with E-state index < -0.39 is 10.0 Å². The molecule has 1 amide bonds. The molecule has 0 spiro atoms. The molecule has 3 aromatic rings. The van der Waals surface area contributed by atoms with Crippen LogP contribution in [-0.4, -0.2) is 50.1 Å². The summed E-state index contributed by atoms with van der Waals surface area (Å²) in [5.74, 6) is 0.410. The van der Waals surface area contributed by atoms with Crippen molar-refractivity contribution in [3.63, 3.8) is 0 Å². The van der Waals surface area contributed by atoms with E-state index in [4.69, 9.17) is 4.74 Å². The highest BCUT2D eigenvalue weighted by molar-refractivity contribution is 7.92. The molecular weight excluding hydrogens is 392 g/mol. The second kappa shape index (κ2) is 8.36. The first kappa shape index (κ1) is 20.4. The van der Waals surface area contributed by atoms with Gasteiger partial charge in [-0.1, -0.05) is 24.3 Å². The standard InChI is InChI=1S/C20H22N4O4S/c1-14-6-4-5-7-17(14)18-12-19(22-21-18)23-29(26,27)16-10-8-15(9-11-16)28-13-20(25)24(2)3/h4-12H,13H2,1-3H3,(H2,21,22,23). The van der Waals surface area contributed by atoms with Crippen LogP contribution in [0.25, 0.3) is 11.3 Å². The number of carbonyl (C=O) groups excluding carboxylic acids is 1. The minimum absolute atomic E-state index is 0.0595. The molecule has 1 aromatic heterocycles. The molecule has 152 valence electrons. The van der Waals surface area contributed by atoms with Crippen LogP contribution in [0.2, 0.25) is 0 Å². The third kappa shape index (κ3) is 4.94. The van der Waals surface area contributed by atoms with Crippen LogP contribution < -0.4 is 9.46 Å². The lowest BCUT2D eigenvalue weighted by Crippen LogP contribution is -2.27. The number of amides is 1. The van der Waals surface area contributed by atoms with Crippen LogP contribution >= 0.6 is 0 Å². The van der Waals surface area contributed by atoms with E-state index in [9.17, 15) is 13.2 Å². The number of carbonyl (C=O) groups is 1. The highest BCUT2D eigenvalue weighted by atomic mass is 32.2. The summed E-state index contributed by atoms with van der Waals surface area (Å²) in [4.78, 5) is 13.0. The van der Waals surface area contributed by atoms with E-state index in [1.54, 1.807) is 20.2 Å². The SMILES string of the molecule is Cc1ccccc1-c1cc(NS(=O)(=O)c2ccc(OCC(=O)N(C)C)cc2)n[nH]1. The Morgan fingerprint density at radius 3 is 2.48 bits per heavy atom. The van der Waals surface area contributed by atoms with Gasteiger partial charge in [-0.05, 0) is 36.8 Å². The van der Waals surface area contributed by atoms with Gasteiger partial charge >= 0.3 is 0 Å². The van der Waals surface area contributed by atoms with Gasteiger partial charge in [0.2, 0.25) is 0 Å². The number of rotatable bonds is 7. The van der Waals surface area contributed by atoms with Crippen molar-refractivity contribution in [2.24, 2.45) is 0 Å². The van der Waals surface area contributed by atoms with Crippen molar-refractivity contribution in [1.82, 2.24) is 15.1 Å². The number of hydrogen-bond acceptors (Lipinski definition) is 5. The third-order valence-electron chi connectivity index (χ3n) is 4.25. The van der Waals surface area contributed by atoms with Gasteiger partial charge in [-0.25, -0.2) is 8.42 Å². The number of likely N-dealkylation sites (N-methyl/N-ethyl adjacent to an activating group) is 1. The fourth-order valence-corrected chi connectivity index (χ4v) is 3.56. The number of ether oxygens (including phenoxy) is 1. The summed E-state index contributed by atoms with van der Waals surface area (Å²) in [6.45, 7) is 1.85. The Balaban J connectivity index is 1.70. The largest absolute Gasteiger partial charge is 0.484 e. The average molecular weight is 414 g/mol. The van der Waals surface area contributed by atoms with Gasteiger partial charge in [0.25, 0.3) is 15.9 Å². The number of benzene rings is 2. The molecule has 1 heterocycles. The number of nitrogens with zero attached hydrogens (tertiary/aromatic N) is 2. The van der Waals surface area contributed by atoms with Crippen molar-refractivity contribution in [2.75, 3.05) is 25.4 Å². The minimum Gasteiger partial charge on any atom is -0.484 e. The molecule has 0 saturated carbocycles. The van der Waals surface area contributed by atoms with Crippen molar-refractivity contribution < 1.29 is 17.9 Å². The summed E-state index contributed by atoms with van der Waals surface area (Å²) < 4.78 is 33.0. The molecule has 0 fully saturated rings. The molecule has 0 bridgehead atoms. The molecule has 2 N–H and O–H groups in total. The lowest BCUT2D eigenvalue weighted by atomic mass is 10.1. The van der Waals surface area contributed by atoms with Crippen LogP contribution in [0.3, 0.4) is 0 Å². The Bertz CT molecular complexity index is 1110. The normalized spacial score (nSPS) is 11.1. The molecule has 29 heavy (non-hydrogen) atoms. The summed E-state index contributed by atoms with van der Waals surface area (Å²) in [5.41, 5.74) is 2.71. The van der Waals surface area contributed by atoms with Crippen molar-refractivity contribution in [3.8, 4) is 17.0 Å². The summed E-state index contributed by atoms with van der Waals surface area (Å²) in [5, 5.41) is 6.89. The second-order valence-electron chi connectivity index (χ2n) is 6.64. The molecule has 0 aliphatic heterocycles. The highest BCUT2D eigenvalue weighted by Gasteiger charge is 2.17. The van der Waals surface area contributed by atoms with E-state index in [2.05, 4.69) is 14.9 Å². The van der Waals surface area contributed by atoms with Crippen LogP contribution in [0, 0.1) is 6.92 Å². The van der Waals surface area contributed by atoms with E-state index in [1.807, 2.05) is 31.2 Å². The van der Waals surface area contributed by atoms with Crippen LogP contribution in [0.15, 0.2) is 59.5 Å². The number of nitrogens with one attached hydrogen (secondary N) is 2. The maximum Gasteiger partial charge on any atom is 0.263 e. The van der Waals surface area contributed by atoms with E-state index in [-0.39, 0.29) is 23.2 Å². The monoisotopic (exact) mass is 414 g/mol. The predicted octanol–water partition coefficient (Wildman–Crippen LogP) is 2.65. The molecule has 0 radical (unpaired) electrons. The van der Waals surface area contributed by atoms with Crippen molar-refractivity contribution in [3.05, 3.63) is 60.2 Å². The first-order valence-electron chi connectivity index (χ1n) is 8.83. The summed E-state index contributed by atoms with van der Waals surface area (Å²) in [7, 11) is -0.554. The Kier molecular flexibility index (Phi) is 5.88. The van der Waals surface area contributed by atoms with Gasteiger partial charge in [-0.15, -0.1) is 0 Å². The lowest BCUT2D eigenvalue weighted by molar-refractivity contribution is -0.130. The highest BCUT2D eigenvalue weighted by Crippen LogP contribution is 2.24. The minimum atomic E-state index is -3.82. The third-order valence-corrected chi connectivity index (χ3v) is 5.62. The molecule has 8 nitrogen and oxygen atoms in total. The Hall–Kier alpha value is -3.33. The average Bonchev–Trinajstić information content (AvgIpc) is 3.14. The zero-order valence-corrected chi connectivity index (χ0v) is 17.2. The van der Waals surface area contributed by atoms with Crippen molar-refractivity contribution >= 4 is 21.7 Å². The smallest absolute Gasteiger partial charge is 0.263 e. The number of hydrogen-bond donors (Lipinski definition) is 2. The Morgan fingerprint density at radius 2 is 1.83 bits per heavy atom.